The fourth-order valence-corrected chi connectivity index (χ4v) is 4.26. The predicted molar refractivity (Wildman–Crippen MR) is 91.0 cm³/mol. The van der Waals surface area contributed by atoms with Crippen molar-refractivity contribution in [3.8, 4) is 0 Å². The first kappa shape index (κ1) is 16.9. The van der Waals surface area contributed by atoms with Crippen molar-refractivity contribution in [3.63, 3.8) is 0 Å². The van der Waals surface area contributed by atoms with Crippen LogP contribution >= 0.6 is 11.3 Å². The largest absolute Gasteiger partial charge is 0.378 e. The zero-order valence-corrected chi connectivity index (χ0v) is 14.9. The van der Waals surface area contributed by atoms with Gasteiger partial charge in [-0.3, -0.25) is 0 Å². The summed E-state index contributed by atoms with van der Waals surface area (Å²) in [5, 5.41) is 5.97. The Kier molecular flexibility index (Phi) is 5.83. The van der Waals surface area contributed by atoms with Gasteiger partial charge in [0.15, 0.2) is 0 Å². The molecule has 4 heteroatoms. The first-order valence-electron chi connectivity index (χ1n) is 8.07. The van der Waals surface area contributed by atoms with Crippen molar-refractivity contribution in [2.75, 3.05) is 27.2 Å². The lowest BCUT2D eigenvalue weighted by atomic mass is 9.61. The first-order valence-corrected chi connectivity index (χ1v) is 8.95. The molecule has 21 heavy (non-hydrogen) atoms. The van der Waals surface area contributed by atoms with Crippen LogP contribution in [0.3, 0.4) is 0 Å². The van der Waals surface area contributed by atoms with Crippen molar-refractivity contribution in [1.29, 1.82) is 0 Å². The standard InChI is InChI=1S/C17H30N2OS/c1-6-17(3)15(11-16(17)20-7-2)18-12-13(19(4)5)14-9-8-10-21-14/h8-10,13,15-16,18H,6-7,11-12H2,1-5H3. The van der Waals surface area contributed by atoms with E-state index in [1.165, 1.54) is 11.3 Å². The van der Waals surface area contributed by atoms with Crippen LogP contribution in [0.2, 0.25) is 0 Å². The normalized spacial score (nSPS) is 30.4. The third kappa shape index (κ3) is 3.50. The minimum Gasteiger partial charge on any atom is -0.378 e. The molecule has 2 rings (SSSR count). The van der Waals surface area contributed by atoms with Gasteiger partial charge in [0.1, 0.15) is 0 Å². The van der Waals surface area contributed by atoms with Crippen molar-refractivity contribution in [3.05, 3.63) is 22.4 Å². The van der Waals surface area contributed by atoms with Crippen LogP contribution in [0, 0.1) is 5.41 Å². The second-order valence-electron chi connectivity index (χ2n) is 6.49. The second-order valence-corrected chi connectivity index (χ2v) is 7.47. The molecule has 1 heterocycles. The number of nitrogens with one attached hydrogen (secondary N) is 1. The molecular formula is C17H30N2OS. The average molecular weight is 311 g/mol. The lowest BCUT2D eigenvalue weighted by Crippen LogP contribution is -2.62. The van der Waals surface area contributed by atoms with Gasteiger partial charge in [0.25, 0.3) is 0 Å². The molecule has 1 aromatic rings. The summed E-state index contributed by atoms with van der Waals surface area (Å²) in [6, 6.07) is 5.40. The molecular weight excluding hydrogens is 280 g/mol. The molecule has 4 unspecified atom stereocenters. The van der Waals surface area contributed by atoms with Gasteiger partial charge in [0.05, 0.1) is 12.1 Å². The molecule has 0 bridgehead atoms. The van der Waals surface area contributed by atoms with Gasteiger partial charge in [-0.25, -0.2) is 0 Å². The van der Waals surface area contributed by atoms with Gasteiger partial charge >= 0.3 is 0 Å². The van der Waals surface area contributed by atoms with E-state index in [4.69, 9.17) is 4.74 Å². The maximum Gasteiger partial charge on any atom is 0.0658 e. The van der Waals surface area contributed by atoms with Gasteiger partial charge in [0.2, 0.25) is 0 Å². The third-order valence-corrected chi connectivity index (χ3v) is 6.14. The summed E-state index contributed by atoms with van der Waals surface area (Å²) in [7, 11) is 4.32. The molecule has 1 aliphatic carbocycles. The minimum atomic E-state index is 0.280. The molecule has 120 valence electrons. The van der Waals surface area contributed by atoms with E-state index in [2.05, 4.69) is 62.6 Å². The molecule has 4 atom stereocenters. The number of nitrogens with zero attached hydrogens (tertiary/aromatic N) is 1. The molecule has 0 aromatic carbocycles. The van der Waals surface area contributed by atoms with Crippen molar-refractivity contribution in [2.24, 2.45) is 5.41 Å². The summed E-state index contributed by atoms with van der Waals surface area (Å²) in [4.78, 5) is 3.74. The van der Waals surface area contributed by atoms with Gasteiger partial charge < -0.3 is 15.0 Å². The van der Waals surface area contributed by atoms with Gasteiger partial charge in [-0.1, -0.05) is 19.9 Å². The second kappa shape index (κ2) is 7.23. The van der Waals surface area contributed by atoms with Crippen molar-refractivity contribution >= 4 is 11.3 Å². The Morgan fingerprint density at radius 3 is 2.76 bits per heavy atom. The molecule has 0 aliphatic heterocycles. The topological polar surface area (TPSA) is 24.5 Å². The van der Waals surface area contributed by atoms with Gasteiger partial charge in [-0.2, -0.15) is 0 Å². The Labute approximate surface area is 133 Å². The van der Waals surface area contributed by atoms with Crippen molar-refractivity contribution in [2.45, 2.75) is 51.8 Å². The highest BCUT2D eigenvalue weighted by atomic mass is 32.1. The van der Waals surface area contributed by atoms with E-state index < -0.39 is 0 Å². The van der Waals surface area contributed by atoms with E-state index in [0.29, 0.717) is 18.2 Å². The number of hydrogen-bond donors (Lipinski definition) is 1. The smallest absolute Gasteiger partial charge is 0.0658 e. The monoisotopic (exact) mass is 310 g/mol. The molecule has 1 aromatic heterocycles. The van der Waals surface area contributed by atoms with Crippen LogP contribution in [0.5, 0.6) is 0 Å². The van der Waals surface area contributed by atoms with Gasteiger partial charge in [-0.05, 0) is 45.3 Å². The Bertz CT molecular complexity index is 420. The van der Waals surface area contributed by atoms with Crippen molar-refractivity contribution in [1.82, 2.24) is 10.2 Å². The Morgan fingerprint density at radius 1 is 1.48 bits per heavy atom. The Morgan fingerprint density at radius 2 is 2.24 bits per heavy atom. The number of likely N-dealkylation sites (N-methyl/N-ethyl adjacent to an activating group) is 1. The van der Waals surface area contributed by atoms with Gasteiger partial charge in [-0.15, -0.1) is 11.3 Å². The van der Waals surface area contributed by atoms with E-state index in [9.17, 15) is 0 Å². The van der Waals surface area contributed by atoms with Crippen LogP contribution in [0.15, 0.2) is 17.5 Å². The fraction of sp³-hybridized carbons (Fsp3) is 0.765. The molecule has 0 spiro atoms. The fourth-order valence-electron chi connectivity index (χ4n) is 3.34. The third-order valence-electron chi connectivity index (χ3n) is 5.16. The van der Waals surface area contributed by atoms with E-state index in [0.717, 1.165) is 19.6 Å². The summed E-state index contributed by atoms with van der Waals surface area (Å²) in [5.41, 5.74) is 0.280. The number of thiophene rings is 1. The molecule has 1 N–H and O–H groups in total. The van der Waals surface area contributed by atoms with Crippen LogP contribution in [-0.2, 0) is 4.74 Å². The molecule has 0 saturated heterocycles. The van der Waals surface area contributed by atoms with E-state index in [-0.39, 0.29) is 5.41 Å². The number of hydrogen-bond acceptors (Lipinski definition) is 4. The highest BCUT2D eigenvalue weighted by Crippen LogP contribution is 2.46. The summed E-state index contributed by atoms with van der Waals surface area (Å²) in [6.45, 7) is 8.57. The van der Waals surface area contributed by atoms with Crippen molar-refractivity contribution < 1.29 is 4.74 Å². The van der Waals surface area contributed by atoms with Crippen LogP contribution in [0.4, 0.5) is 0 Å². The summed E-state index contributed by atoms with van der Waals surface area (Å²) >= 11 is 1.84. The molecule has 1 fully saturated rings. The SMILES string of the molecule is CCOC1CC(NCC(c2cccs2)N(C)C)C1(C)CC. The lowest BCUT2D eigenvalue weighted by molar-refractivity contribution is -0.126. The average Bonchev–Trinajstić information content (AvgIpc) is 2.98. The lowest BCUT2D eigenvalue weighted by Gasteiger charge is -2.54. The Balaban J connectivity index is 1.93. The quantitative estimate of drug-likeness (QED) is 0.795. The molecule has 1 saturated carbocycles. The molecule has 0 radical (unpaired) electrons. The van der Waals surface area contributed by atoms with Crippen LogP contribution in [0.25, 0.3) is 0 Å². The highest BCUT2D eigenvalue weighted by Gasteiger charge is 2.50. The first-order chi connectivity index (χ1) is 10.0. The van der Waals surface area contributed by atoms with Gasteiger partial charge in [0, 0.05) is 29.5 Å². The minimum absolute atomic E-state index is 0.280. The zero-order valence-electron chi connectivity index (χ0n) is 14.1. The van der Waals surface area contributed by atoms with Crippen LogP contribution in [-0.4, -0.2) is 44.3 Å². The highest BCUT2D eigenvalue weighted by molar-refractivity contribution is 7.10. The van der Waals surface area contributed by atoms with E-state index in [1.807, 2.05) is 11.3 Å². The van der Waals surface area contributed by atoms with Crippen LogP contribution < -0.4 is 5.32 Å². The summed E-state index contributed by atoms with van der Waals surface area (Å²) in [6.07, 6.45) is 2.73. The number of ether oxygens (including phenoxy) is 1. The van der Waals surface area contributed by atoms with Crippen LogP contribution in [0.1, 0.15) is 44.5 Å². The van der Waals surface area contributed by atoms with E-state index in [1.54, 1.807) is 0 Å². The maximum atomic E-state index is 5.89. The maximum absolute atomic E-state index is 5.89. The number of rotatable bonds is 8. The molecule has 3 nitrogen and oxygen atoms in total. The zero-order chi connectivity index (χ0) is 15.5. The predicted octanol–water partition coefficient (Wildman–Crippen LogP) is 3.53. The molecule has 1 aliphatic rings. The molecule has 0 amide bonds. The summed E-state index contributed by atoms with van der Waals surface area (Å²) in [5.74, 6) is 0. The Hall–Kier alpha value is -0.420. The summed E-state index contributed by atoms with van der Waals surface area (Å²) < 4.78 is 5.89. The van der Waals surface area contributed by atoms with E-state index >= 15 is 0 Å².